The molecular weight excluding hydrogens is 406 g/mol. The summed E-state index contributed by atoms with van der Waals surface area (Å²) < 4.78 is 0. The summed E-state index contributed by atoms with van der Waals surface area (Å²) in [4.78, 5) is 30.3. The largest absolute Gasteiger partial charge is 0.508 e. The zero-order valence-electron chi connectivity index (χ0n) is 17.8. The third-order valence-corrected chi connectivity index (χ3v) is 9.16. The van der Waals surface area contributed by atoms with Gasteiger partial charge in [0.05, 0.1) is 11.3 Å². The molecule has 2 saturated heterocycles. The number of phenols is 1. The molecule has 4 fully saturated rings. The van der Waals surface area contributed by atoms with E-state index in [1.165, 1.54) is 10.5 Å². The van der Waals surface area contributed by atoms with E-state index in [1.807, 2.05) is 31.3 Å². The molecule has 2 aromatic carbocycles. The number of hydrogen-bond acceptors (Lipinski definition) is 5. The predicted molar refractivity (Wildman–Crippen MR) is 116 cm³/mol. The molecule has 3 aliphatic carbocycles. The second-order valence-corrected chi connectivity index (χ2v) is 10.6. The number of urea groups is 1. The van der Waals surface area contributed by atoms with Crippen molar-refractivity contribution in [1.82, 2.24) is 10.2 Å². The van der Waals surface area contributed by atoms with Crippen LogP contribution in [-0.2, 0) is 15.6 Å². The first-order valence-electron chi connectivity index (χ1n) is 11.2. The summed E-state index contributed by atoms with van der Waals surface area (Å²) in [6.07, 6.45) is 1.90. The maximum atomic E-state index is 13.8. The van der Waals surface area contributed by atoms with Gasteiger partial charge in [0.25, 0.3) is 5.91 Å². The summed E-state index contributed by atoms with van der Waals surface area (Å²) in [6, 6.07) is 14.1. The number of imide groups is 1. The molecular formula is C25H25N3O4. The van der Waals surface area contributed by atoms with Crippen molar-refractivity contribution in [2.45, 2.75) is 53.7 Å². The van der Waals surface area contributed by atoms with E-state index in [9.17, 15) is 19.8 Å². The lowest BCUT2D eigenvalue weighted by Crippen LogP contribution is -2.75. The number of hydrogen-bond donors (Lipinski definition) is 3. The van der Waals surface area contributed by atoms with Gasteiger partial charge in [-0.1, -0.05) is 24.3 Å². The van der Waals surface area contributed by atoms with E-state index >= 15 is 0 Å². The highest BCUT2D eigenvalue weighted by molar-refractivity contribution is 6.23. The molecule has 7 nitrogen and oxygen atoms in total. The van der Waals surface area contributed by atoms with Gasteiger partial charge in [0.15, 0.2) is 0 Å². The molecule has 2 heterocycles. The molecule has 5 atom stereocenters. The van der Waals surface area contributed by atoms with Gasteiger partial charge in [-0.05, 0) is 68.1 Å². The molecule has 3 spiro atoms. The Balaban J connectivity index is 1.38. The summed E-state index contributed by atoms with van der Waals surface area (Å²) in [5, 5.41) is 25.6. The molecule has 32 heavy (non-hydrogen) atoms. The fourth-order valence-corrected chi connectivity index (χ4v) is 8.29. The number of para-hydroxylation sites is 1. The van der Waals surface area contributed by atoms with Gasteiger partial charge in [0.1, 0.15) is 11.3 Å². The Hall–Kier alpha value is -2.90. The average molecular weight is 431 g/mol. The number of aromatic hydroxyl groups is 1. The third kappa shape index (κ3) is 1.77. The third-order valence-electron chi connectivity index (χ3n) is 9.16. The van der Waals surface area contributed by atoms with Crippen LogP contribution in [0.4, 0.5) is 10.5 Å². The molecule has 3 N–H and O–H groups in total. The van der Waals surface area contributed by atoms with Gasteiger partial charge in [-0.2, -0.15) is 0 Å². The number of benzene rings is 2. The number of fused-ring (bicyclic) bond motifs is 2. The molecule has 2 aromatic rings. The number of aliphatic hydroxyl groups is 1. The van der Waals surface area contributed by atoms with Gasteiger partial charge in [0, 0.05) is 23.4 Å². The van der Waals surface area contributed by atoms with Gasteiger partial charge < -0.3 is 15.5 Å². The van der Waals surface area contributed by atoms with Gasteiger partial charge in [0.2, 0.25) is 0 Å². The van der Waals surface area contributed by atoms with Gasteiger partial charge in [-0.3, -0.25) is 9.69 Å². The summed E-state index contributed by atoms with van der Waals surface area (Å²) in [6.45, 7) is 0.850. The fraction of sp³-hybridized carbons (Fsp3) is 0.440. The van der Waals surface area contributed by atoms with Crippen LogP contribution in [-0.4, -0.2) is 57.8 Å². The van der Waals surface area contributed by atoms with Gasteiger partial charge >= 0.3 is 6.03 Å². The molecule has 1 unspecified atom stereocenters. The lowest BCUT2D eigenvalue weighted by molar-refractivity contribution is -0.153. The number of amides is 3. The van der Waals surface area contributed by atoms with Crippen molar-refractivity contribution in [3.05, 3.63) is 59.7 Å². The molecule has 5 aliphatic rings. The van der Waals surface area contributed by atoms with Crippen LogP contribution < -0.4 is 10.2 Å². The highest BCUT2D eigenvalue weighted by Gasteiger charge is 2.82. The summed E-state index contributed by atoms with van der Waals surface area (Å²) in [7, 11) is 2.05. The van der Waals surface area contributed by atoms with Crippen molar-refractivity contribution in [3.63, 3.8) is 0 Å². The Morgan fingerprint density at radius 1 is 1.03 bits per heavy atom. The highest BCUT2D eigenvalue weighted by Crippen LogP contribution is 2.74. The number of likely N-dealkylation sites (N-methyl/N-ethyl adjacent to an activating group) is 1. The molecule has 0 aromatic heterocycles. The first-order chi connectivity index (χ1) is 15.3. The van der Waals surface area contributed by atoms with E-state index in [0.29, 0.717) is 24.9 Å². The Morgan fingerprint density at radius 3 is 2.56 bits per heavy atom. The zero-order chi connectivity index (χ0) is 22.1. The molecule has 2 bridgehead atoms. The molecule has 3 amide bonds. The van der Waals surface area contributed by atoms with Crippen LogP contribution >= 0.6 is 0 Å². The van der Waals surface area contributed by atoms with Crippen molar-refractivity contribution in [2.24, 2.45) is 0 Å². The minimum Gasteiger partial charge on any atom is -0.508 e. The van der Waals surface area contributed by atoms with E-state index in [-0.39, 0.29) is 23.1 Å². The molecule has 2 saturated carbocycles. The predicted octanol–water partition coefficient (Wildman–Crippen LogP) is 2.01. The Kier molecular flexibility index (Phi) is 3.12. The van der Waals surface area contributed by atoms with E-state index < -0.39 is 22.6 Å². The van der Waals surface area contributed by atoms with Crippen molar-refractivity contribution >= 4 is 17.6 Å². The Labute approximate surface area is 185 Å². The quantitative estimate of drug-likeness (QED) is 0.601. The van der Waals surface area contributed by atoms with Crippen LogP contribution in [0.2, 0.25) is 0 Å². The normalized spacial score (nSPS) is 41.3. The monoisotopic (exact) mass is 431 g/mol. The topological polar surface area (TPSA) is 93.1 Å². The molecule has 164 valence electrons. The highest BCUT2D eigenvalue weighted by atomic mass is 16.3. The second-order valence-electron chi connectivity index (χ2n) is 10.6. The maximum absolute atomic E-state index is 13.8. The summed E-state index contributed by atoms with van der Waals surface area (Å²) >= 11 is 0. The number of carbonyl (C=O) groups is 2. The number of likely N-dealkylation sites (tertiary alicyclic amines) is 1. The number of rotatable bonds is 1. The SMILES string of the molecule is CN1CC23C[C@@]4(C[C@]5(CC[C@@]4(O)[C@H]12)NC(=O)N(c1ccccc1)C5=O)c1cc(O)ccc13. The van der Waals surface area contributed by atoms with Crippen molar-refractivity contribution in [2.75, 3.05) is 18.5 Å². The van der Waals surface area contributed by atoms with E-state index in [1.54, 1.807) is 24.3 Å². The molecule has 2 aliphatic heterocycles. The fourth-order valence-electron chi connectivity index (χ4n) is 8.29. The van der Waals surface area contributed by atoms with E-state index in [0.717, 1.165) is 18.5 Å². The van der Waals surface area contributed by atoms with Crippen LogP contribution in [0.1, 0.15) is 36.8 Å². The lowest BCUT2D eigenvalue weighted by Gasteiger charge is -2.62. The van der Waals surface area contributed by atoms with Crippen LogP contribution in [0.15, 0.2) is 48.5 Å². The number of carbonyl (C=O) groups excluding carboxylic acids is 2. The number of nitrogens with zero attached hydrogens (tertiary/aromatic N) is 2. The first-order valence-corrected chi connectivity index (χ1v) is 11.2. The van der Waals surface area contributed by atoms with Gasteiger partial charge in [-0.15, -0.1) is 0 Å². The maximum Gasteiger partial charge on any atom is 0.329 e. The minimum atomic E-state index is -1.06. The second kappa shape index (κ2) is 5.35. The summed E-state index contributed by atoms with van der Waals surface area (Å²) in [5.41, 5.74) is -0.238. The van der Waals surface area contributed by atoms with Crippen molar-refractivity contribution in [1.29, 1.82) is 0 Å². The standard InChI is InChI=1S/C25H25N3O4/c1-27-14-22-12-23(18-11-16(29)7-8-17(18)22)13-24(9-10-25(23,32)19(22)27)20(30)28(21(31)26-24)15-5-3-2-4-6-15/h2-8,11,19,29,32H,9-10,12-14H2,1H3,(H,26,31)/t19-,22?,23-,24+,25-/m1/s1. The smallest absolute Gasteiger partial charge is 0.329 e. The molecule has 0 radical (unpaired) electrons. The van der Waals surface area contributed by atoms with Crippen molar-refractivity contribution in [3.8, 4) is 5.75 Å². The van der Waals surface area contributed by atoms with E-state index in [4.69, 9.17) is 0 Å². The minimum absolute atomic E-state index is 0.0122. The van der Waals surface area contributed by atoms with Crippen molar-refractivity contribution < 1.29 is 19.8 Å². The average Bonchev–Trinajstić information content (AvgIpc) is 3.24. The molecule has 7 rings (SSSR count). The number of anilines is 1. The van der Waals surface area contributed by atoms with Gasteiger partial charge in [-0.25, -0.2) is 9.69 Å². The Morgan fingerprint density at radius 2 is 1.81 bits per heavy atom. The zero-order valence-corrected chi connectivity index (χ0v) is 17.8. The molecule has 7 heteroatoms. The van der Waals surface area contributed by atoms with Crippen LogP contribution in [0.25, 0.3) is 0 Å². The van der Waals surface area contributed by atoms with Crippen LogP contribution in [0, 0.1) is 0 Å². The summed E-state index contributed by atoms with van der Waals surface area (Å²) in [5.74, 6) is -0.0821. The lowest BCUT2D eigenvalue weighted by atomic mass is 9.52. The van der Waals surface area contributed by atoms with Crippen LogP contribution in [0.3, 0.4) is 0 Å². The number of phenolic OH excluding ortho intramolecular Hbond substituents is 1. The number of nitrogens with one attached hydrogen (secondary N) is 1. The first kappa shape index (κ1) is 18.7. The van der Waals surface area contributed by atoms with Crippen LogP contribution in [0.5, 0.6) is 5.75 Å². The van der Waals surface area contributed by atoms with E-state index in [2.05, 4.69) is 10.2 Å². The Bertz CT molecular complexity index is 1220.